The van der Waals surface area contributed by atoms with Gasteiger partial charge in [-0.15, -0.1) is 0 Å². The van der Waals surface area contributed by atoms with Gasteiger partial charge in [-0.05, 0) is 0 Å². The van der Waals surface area contributed by atoms with Gasteiger partial charge in [0.25, 0.3) is 0 Å². The molecule has 0 aliphatic heterocycles. The van der Waals surface area contributed by atoms with E-state index >= 15 is 0 Å². The SMILES string of the molecule is N#C/C(CI)=C(\O)c1ccccc1. The second-order valence-corrected chi connectivity index (χ2v) is 3.20. The largest absolute Gasteiger partial charge is 0.506 e. The fraction of sp³-hybridized carbons (Fsp3) is 0.100. The molecule has 2 nitrogen and oxygen atoms in total. The van der Waals surface area contributed by atoms with Gasteiger partial charge in [-0.1, -0.05) is 52.9 Å². The molecule has 0 bridgehead atoms. The molecule has 0 aliphatic rings. The number of hydrogen-bond donors (Lipinski definition) is 1. The molecule has 13 heavy (non-hydrogen) atoms. The number of nitriles is 1. The van der Waals surface area contributed by atoms with E-state index < -0.39 is 0 Å². The van der Waals surface area contributed by atoms with Crippen LogP contribution in [0.5, 0.6) is 0 Å². The Labute approximate surface area is 90.7 Å². The first-order valence-electron chi connectivity index (χ1n) is 3.73. The average molecular weight is 285 g/mol. The summed E-state index contributed by atoms with van der Waals surface area (Å²) in [6, 6.07) is 11.0. The summed E-state index contributed by atoms with van der Waals surface area (Å²) in [5, 5.41) is 18.3. The van der Waals surface area contributed by atoms with Crippen molar-refractivity contribution in [3.05, 3.63) is 41.5 Å². The number of aliphatic hydroxyl groups excluding tert-OH is 1. The van der Waals surface area contributed by atoms with E-state index in [0.29, 0.717) is 15.6 Å². The van der Waals surface area contributed by atoms with Gasteiger partial charge in [0.2, 0.25) is 0 Å². The number of nitrogens with zero attached hydrogens (tertiary/aromatic N) is 1. The topological polar surface area (TPSA) is 44.0 Å². The zero-order chi connectivity index (χ0) is 9.68. The predicted octanol–water partition coefficient (Wildman–Crippen LogP) is 2.91. The molecule has 1 aromatic rings. The highest BCUT2D eigenvalue weighted by Crippen LogP contribution is 2.16. The summed E-state index contributed by atoms with van der Waals surface area (Å²) in [5.74, 6) is 0.0810. The number of allylic oxidation sites excluding steroid dienone is 1. The fourth-order valence-corrected chi connectivity index (χ4v) is 1.45. The molecule has 0 saturated heterocycles. The number of rotatable bonds is 2. The quantitative estimate of drug-likeness (QED) is 0.393. The Morgan fingerprint density at radius 1 is 1.38 bits per heavy atom. The highest BCUT2D eigenvalue weighted by Gasteiger charge is 2.04. The molecule has 0 spiro atoms. The molecule has 0 radical (unpaired) electrons. The maximum atomic E-state index is 9.63. The molecule has 0 amide bonds. The van der Waals surface area contributed by atoms with Gasteiger partial charge in [-0.25, -0.2) is 0 Å². The van der Waals surface area contributed by atoms with Gasteiger partial charge in [-0.3, -0.25) is 0 Å². The normalized spacial score (nSPS) is 11.7. The van der Waals surface area contributed by atoms with E-state index in [-0.39, 0.29) is 5.76 Å². The molecule has 0 heterocycles. The molecule has 66 valence electrons. The van der Waals surface area contributed by atoms with Crippen molar-refractivity contribution in [2.75, 3.05) is 4.43 Å². The molecular weight excluding hydrogens is 277 g/mol. The van der Waals surface area contributed by atoms with Crippen molar-refractivity contribution in [1.29, 1.82) is 5.26 Å². The monoisotopic (exact) mass is 285 g/mol. The van der Waals surface area contributed by atoms with Crippen LogP contribution >= 0.6 is 22.6 Å². The lowest BCUT2D eigenvalue weighted by Crippen LogP contribution is -1.89. The van der Waals surface area contributed by atoms with Crippen LogP contribution in [-0.4, -0.2) is 9.53 Å². The summed E-state index contributed by atoms with van der Waals surface area (Å²) in [7, 11) is 0. The van der Waals surface area contributed by atoms with Crippen LogP contribution in [0.2, 0.25) is 0 Å². The minimum atomic E-state index is 0.0810. The first kappa shape index (κ1) is 10.1. The number of alkyl halides is 1. The summed E-state index contributed by atoms with van der Waals surface area (Å²) in [6.07, 6.45) is 0. The molecule has 0 saturated carbocycles. The second-order valence-electron chi connectivity index (χ2n) is 2.44. The van der Waals surface area contributed by atoms with Gasteiger partial charge in [0.1, 0.15) is 5.76 Å². The van der Waals surface area contributed by atoms with E-state index in [1.54, 1.807) is 12.1 Å². The third-order valence-electron chi connectivity index (χ3n) is 1.60. The van der Waals surface area contributed by atoms with Gasteiger partial charge in [0, 0.05) is 9.99 Å². The molecule has 0 aromatic heterocycles. The molecule has 3 heteroatoms. The van der Waals surface area contributed by atoms with Crippen LogP contribution in [0.25, 0.3) is 5.76 Å². The minimum absolute atomic E-state index is 0.0810. The van der Waals surface area contributed by atoms with Crippen molar-refractivity contribution in [1.82, 2.24) is 0 Å². The highest BCUT2D eigenvalue weighted by atomic mass is 127. The number of aliphatic hydroxyl groups is 1. The van der Waals surface area contributed by atoms with E-state index in [1.807, 2.05) is 24.3 Å². The van der Waals surface area contributed by atoms with Crippen LogP contribution in [0.15, 0.2) is 35.9 Å². The summed E-state index contributed by atoms with van der Waals surface area (Å²) in [6.45, 7) is 0. The van der Waals surface area contributed by atoms with E-state index in [2.05, 4.69) is 22.6 Å². The molecule has 0 fully saturated rings. The van der Waals surface area contributed by atoms with Crippen LogP contribution in [0.1, 0.15) is 5.56 Å². The zero-order valence-electron chi connectivity index (χ0n) is 6.87. The van der Waals surface area contributed by atoms with Crippen LogP contribution < -0.4 is 0 Å². The molecule has 0 aliphatic carbocycles. The van der Waals surface area contributed by atoms with Gasteiger partial charge in [0.15, 0.2) is 0 Å². The maximum Gasteiger partial charge on any atom is 0.137 e. The van der Waals surface area contributed by atoms with Crippen molar-refractivity contribution in [2.45, 2.75) is 0 Å². The lowest BCUT2D eigenvalue weighted by Gasteiger charge is -2.00. The summed E-state index contributed by atoms with van der Waals surface area (Å²) < 4.78 is 0.523. The molecule has 0 unspecified atom stereocenters. The van der Waals surface area contributed by atoms with Crippen molar-refractivity contribution in [2.24, 2.45) is 0 Å². The van der Waals surface area contributed by atoms with E-state index in [1.165, 1.54) is 0 Å². The maximum absolute atomic E-state index is 9.63. The van der Waals surface area contributed by atoms with E-state index in [0.717, 1.165) is 0 Å². The first-order valence-corrected chi connectivity index (χ1v) is 5.25. The Hall–Kier alpha value is -1.02. The van der Waals surface area contributed by atoms with Crippen molar-refractivity contribution in [3.63, 3.8) is 0 Å². The van der Waals surface area contributed by atoms with Crippen molar-refractivity contribution >= 4 is 28.4 Å². The Balaban J connectivity index is 3.11. The van der Waals surface area contributed by atoms with Crippen LogP contribution in [0, 0.1) is 11.3 Å². The van der Waals surface area contributed by atoms with Gasteiger partial charge < -0.3 is 5.11 Å². The summed E-state index contributed by atoms with van der Waals surface area (Å²) >= 11 is 2.05. The molecule has 1 aromatic carbocycles. The van der Waals surface area contributed by atoms with Gasteiger partial charge in [0.05, 0.1) is 11.6 Å². The van der Waals surface area contributed by atoms with Crippen molar-refractivity contribution in [3.8, 4) is 6.07 Å². The Morgan fingerprint density at radius 2 is 2.00 bits per heavy atom. The zero-order valence-corrected chi connectivity index (χ0v) is 9.02. The predicted molar refractivity (Wildman–Crippen MR) is 60.5 cm³/mol. The summed E-state index contributed by atoms with van der Waals surface area (Å²) in [5.41, 5.74) is 1.10. The van der Waals surface area contributed by atoms with Crippen LogP contribution in [0.3, 0.4) is 0 Å². The second kappa shape index (κ2) is 4.87. The summed E-state index contributed by atoms with van der Waals surface area (Å²) in [4.78, 5) is 0. The fourth-order valence-electron chi connectivity index (χ4n) is 0.916. The van der Waals surface area contributed by atoms with Crippen LogP contribution in [-0.2, 0) is 0 Å². The standard InChI is InChI=1S/C10H8INO/c11-6-9(7-12)10(13)8-4-2-1-3-5-8/h1-5,13H,6H2/b10-9-. The van der Waals surface area contributed by atoms with Crippen molar-refractivity contribution < 1.29 is 5.11 Å². The van der Waals surface area contributed by atoms with E-state index in [9.17, 15) is 5.11 Å². The first-order chi connectivity index (χ1) is 6.29. The Bertz CT molecular complexity index is 351. The molecule has 1 N–H and O–H groups in total. The average Bonchev–Trinajstić information content (AvgIpc) is 2.21. The van der Waals surface area contributed by atoms with E-state index in [4.69, 9.17) is 5.26 Å². The lowest BCUT2D eigenvalue weighted by molar-refractivity contribution is 0.508. The number of hydrogen-bond acceptors (Lipinski definition) is 2. The smallest absolute Gasteiger partial charge is 0.137 e. The molecular formula is C10H8INO. The Kier molecular flexibility index (Phi) is 3.77. The highest BCUT2D eigenvalue weighted by molar-refractivity contribution is 14.1. The van der Waals surface area contributed by atoms with Gasteiger partial charge in [-0.2, -0.15) is 5.26 Å². The van der Waals surface area contributed by atoms with Gasteiger partial charge >= 0.3 is 0 Å². The van der Waals surface area contributed by atoms with Crippen LogP contribution in [0.4, 0.5) is 0 Å². The molecule has 1 rings (SSSR count). The third kappa shape index (κ3) is 2.46. The molecule has 0 atom stereocenters. The third-order valence-corrected chi connectivity index (χ3v) is 2.36. The minimum Gasteiger partial charge on any atom is -0.506 e. The number of benzene rings is 1. The Morgan fingerprint density at radius 3 is 2.46 bits per heavy atom. The number of halogens is 1. The lowest BCUT2D eigenvalue weighted by atomic mass is 10.1.